The summed E-state index contributed by atoms with van der Waals surface area (Å²) in [5.74, 6) is 0.194. The number of imide groups is 1. The van der Waals surface area contributed by atoms with Crippen LogP contribution in [0.5, 0.6) is 0 Å². The Labute approximate surface area is 65.2 Å². The molecule has 0 saturated heterocycles. The highest BCUT2D eigenvalue weighted by atomic mass is 16.2. The second-order valence-electron chi connectivity index (χ2n) is 3.40. The van der Waals surface area contributed by atoms with Gasteiger partial charge in [-0.15, -0.1) is 0 Å². The third kappa shape index (κ3) is 1.59. The molecule has 60 valence electrons. The highest BCUT2D eigenvalue weighted by Gasteiger charge is 2.35. The van der Waals surface area contributed by atoms with Crippen molar-refractivity contribution in [3.05, 3.63) is 0 Å². The van der Waals surface area contributed by atoms with Crippen molar-refractivity contribution in [3.63, 3.8) is 0 Å². The average molecular weight is 153 g/mol. The Balaban J connectivity index is 1.78. The van der Waals surface area contributed by atoms with Gasteiger partial charge in [0.1, 0.15) is 0 Å². The van der Waals surface area contributed by atoms with Crippen molar-refractivity contribution in [1.82, 2.24) is 5.32 Å². The minimum Gasteiger partial charge on any atom is -0.296 e. The molecule has 0 bridgehead atoms. The van der Waals surface area contributed by atoms with Gasteiger partial charge in [0.25, 0.3) is 0 Å². The van der Waals surface area contributed by atoms with E-state index < -0.39 is 0 Å². The van der Waals surface area contributed by atoms with Gasteiger partial charge in [0.2, 0.25) is 11.8 Å². The standard InChI is InChI=1S/C8H11NO2/c10-7(5-1-2-5)9-8(11)6-3-4-6/h5-6H,1-4H2,(H,9,10,11). The van der Waals surface area contributed by atoms with Gasteiger partial charge in [0, 0.05) is 11.8 Å². The molecule has 0 aromatic rings. The summed E-state index contributed by atoms with van der Waals surface area (Å²) in [6.45, 7) is 0. The van der Waals surface area contributed by atoms with Crippen molar-refractivity contribution in [2.45, 2.75) is 25.7 Å². The molecule has 2 amide bonds. The van der Waals surface area contributed by atoms with E-state index in [9.17, 15) is 9.59 Å². The summed E-state index contributed by atoms with van der Waals surface area (Å²) in [6.07, 6.45) is 3.85. The Bertz CT molecular complexity index is 182. The van der Waals surface area contributed by atoms with Crippen LogP contribution in [-0.2, 0) is 9.59 Å². The number of carbonyl (C=O) groups is 2. The Hall–Kier alpha value is -0.860. The van der Waals surface area contributed by atoms with Gasteiger partial charge in [-0.2, -0.15) is 0 Å². The summed E-state index contributed by atoms with van der Waals surface area (Å²) in [5.41, 5.74) is 0. The van der Waals surface area contributed by atoms with Gasteiger partial charge in [0.05, 0.1) is 0 Å². The average Bonchev–Trinajstić information content (AvgIpc) is 2.84. The number of rotatable bonds is 2. The van der Waals surface area contributed by atoms with Crippen molar-refractivity contribution >= 4 is 11.8 Å². The molecule has 2 rings (SSSR count). The van der Waals surface area contributed by atoms with Crippen molar-refractivity contribution in [2.75, 3.05) is 0 Å². The molecule has 0 aliphatic heterocycles. The third-order valence-corrected chi connectivity index (χ3v) is 2.14. The number of nitrogens with one attached hydrogen (secondary N) is 1. The monoisotopic (exact) mass is 153 g/mol. The predicted octanol–water partition coefficient (Wildman–Crippen LogP) is 0.449. The van der Waals surface area contributed by atoms with Crippen LogP contribution in [-0.4, -0.2) is 11.8 Å². The molecule has 1 N–H and O–H groups in total. The van der Waals surface area contributed by atoms with Crippen LogP contribution in [0.15, 0.2) is 0 Å². The molecule has 0 atom stereocenters. The zero-order chi connectivity index (χ0) is 7.84. The van der Waals surface area contributed by atoms with Crippen LogP contribution in [0.2, 0.25) is 0 Å². The lowest BCUT2D eigenvalue weighted by atomic mass is 10.3. The Kier molecular flexibility index (Phi) is 1.44. The molecule has 11 heavy (non-hydrogen) atoms. The lowest BCUT2D eigenvalue weighted by Crippen LogP contribution is -2.32. The van der Waals surface area contributed by atoms with E-state index in [1.807, 2.05) is 0 Å². The van der Waals surface area contributed by atoms with E-state index in [4.69, 9.17) is 0 Å². The van der Waals surface area contributed by atoms with Gasteiger partial charge in [-0.1, -0.05) is 0 Å². The Morgan fingerprint density at radius 1 is 0.909 bits per heavy atom. The summed E-state index contributed by atoms with van der Waals surface area (Å²) in [4.78, 5) is 22.0. The molecular formula is C8H11NO2. The van der Waals surface area contributed by atoms with E-state index in [0.717, 1.165) is 25.7 Å². The normalized spacial score (nSPS) is 22.9. The molecule has 3 nitrogen and oxygen atoms in total. The second-order valence-corrected chi connectivity index (χ2v) is 3.40. The maximum atomic E-state index is 11.0. The van der Waals surface area contributed by atoms with Crippen molar-refractivity contribution in [3.8, 4) is 0 Å². The number of amides is 2. The SMILES string of the molecule is O=C(NC(=O)C1CC1)C1CC1. The number of hydrogen-bond donors (Lipinski definition) is 1. The van der Waals surface area contributed by atoms with E-state index >= 15 is 0 Å². The third-order valence-electron chi connectivity index (χ3n) is 2.14. The van der Waals surface area contributed by atoms with Gasteiger partial charge in [0.15, 0.2) is 0 Å². The van der Waals surface area contributed by atoms with Crippen LogP contribution >= 0.6 is 0 Å². The van der Waals surface area contributed by atoms with Gasteiger partial charge in [-0.3, -0.25) is 14.9 Å². The molecule has 2 saturated carbocycles. The maximum absolute atomic E-state index is 11.0. The molecule has 0 unspecified atom stereocenters. The quantitative estimate of drug-likeness (QED) is 0.585. The summed E-state index contributed by atoms with van der Waals surface area (Å²) in [7, 11) is 0. The molecule has 2 aliphatic rings. The lowest BCUT2D eigenvalue weighted by Gasteiger charge is -1.99. The highest BCUT2D eigenvalue weighted by molar-refractivity contribution is 5.98. The largest absolute Gasteiger partial charge is 0.296 e. The predicted molar refractivity (Wildman–Crippen MR) is 38.6 cm³/mol. The summed E-state index contributed by atoms with van der Waals surface area (Å²) >= 11 is 0. The van der Waals surface area contributed by atoms with Crippen LogP contribution < -0.4 is 5.32 Å². The second kappa shape index (κ2) is 2.32. The van der Waals surface area contributed by atoms with Crippen molar-refractivity contribution in [2.24, 2.45) is 11.8 Å². The molecule has 0 aromatic heterocycles. The van der Waals surface area contributed by atoms with Crippen molar-refractivity contribution < 1.29 is 9.59 Å². The molecule has 2 aliphatic carbocycles. The first-order valence-electron chi connectivity index (χ1n) is 4.12. The minimum absolute atomic E-state index is 0.0538. The first-order chi connectivity index (χ1) is 5.27. The van der Waals surface area contributed by atoms with Gasteiger partial charge >= 0.3 is 0 Å². The molecule has 0 spiro atoms. The van der Waals surface area contributed by atoms with Crippen LogP contribution in [0, 0.1) is 11.8 Å². The fourth-order valence-corrected chi connectivity index (χ4v) is 1.02. The van der Waals surface area contributed by atoms with Crippen LogP contribution in [0.25, 0.3) is 0 Å². The summed E-state index contributed by atoms with van der Waals surface area (Å²) in [5, 5.41) is 2.43. The van der Waals surface area contributed by atoms with Gasteiger partial charge < -0.3 is 0 Å². The Morgan fingerprint density at radius 3 is 1.55 bits per heavy atom. The number of carbonyl (C=O) groups excluding carboxylic acids is 2. The van der Waals surface area contributed by atoms with Crippen LogP contribution in [0.3, 0.4) is 0 Å². The highest BCUT2D eigenvalue weighted by Crippen LogP contribution is 2.31. The summed E-state index contributed by atoms with van der Waals surface area (Å²) in [6, 6.07) is 0. The maximum Gasteiger partial charge on any atom is 0.229 e. The van der Waals surface area contributed by atoms with E-state index in [1.165, 1.54) is 0 Å². The fourth-order valence-electron chi connectivity index (χ4n) is 1.02. The van der Waals surface area contributed by atoms with Gasteiger partial charge in [-0.05, 0) is 25.7 Å². The van der Waals surface area contributed by atoms with E-state index in [0.29, 0.717) is 0 Å². The first-order valence-corrected chi connectivity index (χ1v) is 4.12. The molecule has 2 fully saturated rings. The van der Waals surface area contributed by atoms with E-state index in [2.05, 4.69) is 5.32 Å². The van der Waals surface area contributed by atoms with Crippen LogP contribution in [0.1, 0.15) is 25.7 Å². The zero-order valence-electron chi connectivity index (χ0n) is 6.30. The first kappa shape index (κ1) is 6.83. The fraction of sp³-hybridized carbons (Fsp3) is 0.750. The topological polar surface area (TPSA) is 46.2 Å². The van der Waals surface area contributed by atoms with E-state index in [-0.39, 0.29) is 23.7 Å². The van der Waals surface area contributed by atoms with Crippen molar-refractivity contribution in [1.29, 1.82) is 0 Å². The molecule has 0 aromatic carbocycles. The lowest BCUT2D eigenvalue weighted by molar-refractivity contribution is -0.131. The smallest absolute Gasteiger partial charge is 0.229 e. The zero-order valence-corrected chi connectivity index (χ0v) is 6.30. The Morgan fingerprint density at radius 2 is 1.27 bits per heavy atom. The molecule has 0 radical (unpaired) electrons. The minimum atomic E-state index is -0.0538. The molecule has 0 heterocycles. The van der Waals surface area contributed by atoms with E-state index in [1.54, 1.807) is 0 Å². The summed E-state index contributed by atoms with van der Waals surface area (Å²) < 4.78 is 0. The van der Waals surface area contributed by atoms with Gasteiger partial charge in [-0.25, -0.2) is 0 Å². The molecular weight excluding hydrogens is 142 g/mol. The molecule has 3 heteroatoms. The van der Waals surface area contributed by atoms with Crippen LogP contribution in [0.4, 0.5) is 0 Å². The number of hydrogen-bond acceptors (Lipinski definition) is 2.